The first kappa shape index (κ1) is 19.5. The highest BCUT2D eigenvalue weighted by Gasteiger charge is 2.36. The molecule has 2 fully saturated rings. The van der Waals surface area contributed by atoms with Crippen LogP contribution in [0.3, 0.4) is 0 Å². The zero-order valence-electron chi connectivity index (χ0n) is 17.1. The second kappa shape index (κ2) is 8.27. The Kier molecular flexibility index (Phi) is 5.56. The van der Waals surface area contributed by atoms with Crippen LogP contribution in [0.4, 0.5) is 11.5 Å². The summed E-state index contributed by atoms with van der Waals surface area (Å²) in [4.78, 5) is 27.2. The molecule has 1 aromatic heterocycles. The number of carbonyl (C=O) groups excluding carboxylic acids is 2. The van der Waals surface area contributed by atoms with Gasteiger partial charge in [-0.15, -0.1) is 0 Å². The molecule has 2 amide bonds. The van der Waals surface area contributed by atoms with Crippen molar-refractivity contribution in [3.8, 4) is 5.75 Å². The van der Waals surface area contributed by atoms with Gasteiger partial charge < -0.3 is 15.0 Å². The number of hydrogen-bond acceptors (Lipinski definition) is 4. The second-order valence-corrected chi connectivity index (χ2v) is 8.02. The van der Waals surface area contributed by atoms with E-state index in [1.807, 2.05) is 35.9 Å². The minimum absolute atomic E-state index is 0.0603. The quantitative estimate of drug-likeness (QED) is 0.836. The zero-order chi connectivity index (χ0) is 20.4. The summed E-state index contributed by atoms with van der Waals surface area (Å²) in [5.74, 6) is 0.767. The predicted octanol–water partition coefficient (Wildman–Crippen LogP) is 3.70. The van der Waals surface area contributed by atoms with Gasteiger partial charge in [-0.05, 0) is 37.5 Å². The van der Waals surface area contributed by atoms with E-state index in [0.29, 0.717) is 18.3 Å². The number of anilines is 2. The monoisotopic (exact) mass is 396 g/mol. The normalized spacial score (nSPS) is 20.1. The lowest BCUT2D eigenvalue weighted by molar-refractivity contribution is -0.122. The topological polar surface area (TPSA) is 76.5 Å². The molecule has 4 rings (SSSR count). The summed E-state index contributed by atoms with van der Waals surface area (Å²) in [7, 11) is 1.59. The van der Waals surface area contributed by atoms with Crippen molar-refractivity contribution >= 4 is 23.3 Å². The molecule has 1 saturated heterocycles. The fourth-order valence-corrected chi connectivity index (χ4v) is 4.39. The molecule has 0 bridgehead atoms. The number of carbonyl (C=O) groups is 2. The summed E-state index contributed by atoms with van der Waals surface area (Å²) in [6.07, 6.45) is 7.77. The number of methoxy groups -OCH3 is 1. The number of rotatable bonds is 5. The SMILES string of the molecule is COc1ccc(C)cc1N1C[C@H](C(=O)Nc2ccnn2C2CCCCC2)CC1=O. The van der Waals surface area contributed by atoms with Gasteiger partial charge in [0, 0.05) is 19.0 Å². The van der Waals surface area contributed by atoms with Gasteiger partial charge in [-0.2, -0.15) is 5.10 Å². The largest absolute Gasteiger partial charge is 0.495 e. The van der Waals surface area contributed by atoms with Crippen LogP contribution in [0.15, 0.2) is 30.5 Å². The van der Waals surface area contributed by atoms with Crippen LogP contribution in [0.2, 0.25) is 0 Å². The zero-order valence-corrected chi connectivity index (χ0v) is 17.1. The lowest BCUT2D eigenvalue weighted by Gasteiger charge is -2.24. The maximum absolute atomic E-state index is 12.9. The Morgan fingerprint density at radius 2 is 2.00 bits per heavy atom. The number of ether oxygens (including phenoxy) is 1. The maximum atomic E-state index is 12.9. The van der Waals surface area contributed by atoms with Crippen molar-refractivity contribution in [1.82, 2.24) is 9.78 Å². The van der Waals surface area contributed by atoms with Crippen LogP contribution in [-0.2, 0) is 9.59 Å². The summed E-state index contributed by atoms with van der Waals surface area (Å²) in [6, 6.07) is 7.90. The molecule has 7 nitrogen and oxygen atoms in total. The number of hydrogen-bond donors (Lipinski definition) is 1. The van der Waals surface area contributed by atoms with Gasteiger partial charge >= 0.3 is 0 Å². The van der Waals surface area contributed by atoms with E-state index in [-0.39, 0.29) is 18.2 Å². The van der Waals surface area contributed by atoms with Crippen LogP contribution < -0.4 is 15.0 Å². The molecule has 0 spiro atoms. The molecule has 29 heavy (non-hydrogen) atoms. The lowest BCUT2D eigenvalue weighted by atomic mass is 9.96. The highest BCUT2D eigenvalue weighted by Crippen LogP contribution is 2.35. The van der Waals surface area contributed by atoms with Crippen molar-refractivity contribution < 1.29 is 14.3 Å². The van der Waals surface area contributed by atoms with Crippen molar-refractivity contribution in [3.63, 3.8) is 0 Å². The van der Waals surface area contributed by atoms with Gasteiger partial charge in [0.2, 0.25) is 11.8 Å². The van der Waals surface area contributed by atoms with E-state index >= 15 is 0 Å². The van der Waals surface area contributed by atoms with Crippen molar-refractivity contribution in [2.24, 2.45) is 5.92 Å². The van der Waals surface area contributed by atoms with Gasteiger partial charge in [-0.25, -0.2) is 4.68 Å². The van der Waals surface area contributed by atoms with Crippen LogP contribution in [0.25, 0.3) is 0 Å². The summed E-state index contributed by atoms with van der Waals surface area (Å²) in [6.45, 7) is 2.32. The number of aryl methyl sites for hydroxylation is 1. The van der Waals surface area contributed by atoms with E-state index in [1.54, 1.807) is 18.2 Å². The summed E-state index contributed by atoms with van der Waals surface area (Å²) < 4.78 is 7.36. The van der Waals surface area contributed by atoms with E-state index < -0.39 is 5.92 Å². The third-order valence-electron chi connectivity index (χ3n) is 5.96. The Hall–Kier alpha value is -2.83. The van der Waals surface area contributed by atoms with Gasteiger partial charge in [0.1, 0.15) is 11.6 Å². The van der Waals surface area contributed by atoms with E-state index in [9.17, 15) is 9.59 Å². The van der Waals surface area contributed by atoms with Crippen LogP contribution >= 0.6 is 0 Å². The number of amides is 2. The first-order chi connectivity index (χ1) is 14.1. The Labute approximate surface area is 171 Å². The van der Waals surface area contributed by atoms with Crippen molar-refractivity contribution in [2.45, 2.75) is 51.5 Å². The number of aromatic nitrogens is 2. The highest BCUT2D eigenvalue weighted by atomic mass is 16.5. The molecule has 1 aliphatic carbocycles. The van der Waals surface area contributed by atoms with Gasteiger partial charge in [0.15, 0.2) is 0 Å². The maximum Gasteiger partial charge on any atom is 0.230 e. The minimum atomic E-state index is -0.401. The molecule has 2 aliphatic rings. The van der Waals surface area contributed by atoms with Crippen LogP contribution in [0.1, 0.15) is 50.1 Å². The molecular weight excluding hydrogens is 368 g/mol. The molecular formula is C22H28N4O3. The van der Waals surface area contributed by atoms with Crippen LogP contribution in [0.5, 0.6) is 5.75 Å². The van der Waals surface area contributed by atoms with Crippen LogP contribution in [0, 0.1) is 12.8 Å². The number of benzene rings is 1. The van der Waals surface area contributed by atoms with Gasteiger partial charge in [-0.1, -0.05) is 25.3 Å². The third-order valence-corrected chi connectivity index (χ3v) is 5.96. The molecule has 7 heteroatoms. The fraction of sp³-hybridized carbons (Fsp3) is 0.500. The lowest BCUT2D eigenvalue weighted by Crippen LogP contribution is -2.29. The molecule has 1 aromatic carbocycles. The number of nitrogens with one attached hydrogen (secondary N) is 1. The van der Waals surface area contributed by atoms with Crippen molar-refractivity contribution in [3.05, 3.63) is 36.0 Å². The van der Waals surface area contributed by atoms with Crippen LogP contribution in [-0.4, -0.2) is 35.2 Å². The van der Waals surface area contributed by atoms with Gasteiger partial charge in [0.25, 0.3) is 0 Å². The molecule has 1 atom stereocenters. The minimum Gasteiger partial charge on any atom is -0.495 e. The summed E-state index contributed by atoms with van der Waals surface area (Å²) in [5.41, 5.74) is 1.76. The summed E-state index contributed by atoms with van der Waals surface area (Å²) >= 11 is 0. The van der Waals surface area contributed by atoms with E-state index in [4.69, 9.17) is 4.74 Å². The van der Waals surface area contributed by atoms with E-state index in [2.05, 4.69) is 10.4 Å². The molecule has 1 N–H and O–H groups in total. The van der Waals surface area contributed by atoms with E-state index in [1.165, 1.54) is 19.3 Å². The van der Waals surface area contributed by atoms with Crippen molar-refractivity contribution in [2.75, 3.05) is 23.9 Å². The first-order valence-electron chi connectivity index (χ1n) is 10.4. The van der Waals surface area contributed by atoms with Crippen molar-refractivity contribution in [1.29, 1.82) is 0 Å². The fourth-order valence-electron chi connectivity index (χ4n) is 4.39. The average molecular weight is 396 g/mol. The Balaban J connectivity index is 1.47. The molecule has 2 aromatic rings. The average Bonchev–Trinajstić information content (AvgIpc) is 3.35. The summed E-state index contributed by atoms with van der Waals surface area (Å²) in [5, 5.41) is 7.45. The smallest absolute Gasteiger partial charge is 0.230 e. The van der Waals surface area contributed by atoms with E-state index in [0.717, 1.165) is 29.9 Å². The molecule has 0 radical (unpaired) electrons. The molecule has 0 unspecified atom stereocenters. The first-order valence-corrected chi connectivity index (χ1v) is 10.4. The van der Waals surface area contributed by atoms with Gasteiger partial charge in [0.05, 0.1) is 31.0 Å². The molecule has 1 saturated carbocycles. The third kappa shape index (κ3) is 3.99. The predicted molar refractivity (Wildman–Crippen MR) is 111 cm³/mol. The van der Waals surface area contributed by atoms with Gasteiger partial charge in [-0.3, -0.25) is 9.59 Å². The highest BCUT2D eigenvalue weighted by molar-refractivity contribution is 6.04. The number of nitrogens with zero attached hydrogens (tertiary/aromatic N) is 3. The molecule has 1 aliphatic heterocycles. The second-order valence-electron chi connectivity index (χ2n) is 8.02. The Morgan fingerprint density at radius 3 is 2.76 bits per heavy atom. The molecule has 154 valence electrons. The molecule has 2 heterocycles. The Morgan fingerprint density at radius 1 is 1.21 bits per heavy atom. The Bertz CT molecular complexity index is 901. The standard InChI is InChI=1S/C22H28N4O3/c1-15-8-9-19(29-2)18(12-15)25-14-16(13-21(25)27)22(28)24-20-10-11-23-26(20)17-6-4-3-5-7-17/h8-12,16-17H,3-7,13-14H2,1-2H3,(H,24,28)/t16-/m1/s1.